The fourth-order valence-electron chi connectivity index (χ4n) is 3.11. The third kappa shape index (κ3) is 4.39. The average molecular weight is 455 g/mol. The van der Waals surface area contributed by atoms with Gasteiger partial charge in [-0.2, -0.15) is 4.31 Å². The molecule has 8 heteroatoms. The molecule has 0 unspecified atom stereocenters. The van der Waals surface area contributed by atoms with E-state index in [1.807, 2.05) is 6.92 Å². The van der Waals surface area contributed by atoms with Crippen molar-refractivity contribution in [2.45, 2.75) is 37.1 Å². The molecule has 1 aliphatic heterocycles. The Balaban J connectivity index is 1.86. The number of hydrogen-bond donors (Lipinski definition) is 1. The van der Waals surface area contributed by atoms with Crippen LogP contribution in [-0.4, -0.2) is 31.2 Å². The van der Waals surface area contributed by atoms with Crippen LogP contribution in [0.25, 0.3) is 0 Å². The molecule has 2 aromatic carbocycles. The van der Waals surface area contributed by atoms with Crippen LogP contribution in [0.15, 0.2) is 51.8 Å². The van der Waals surface area contributed by atoms with Crippen molar-refractivity contribution in [2.75, 3.05) is 11.9 Å². The summed E-state index contributed by atoms with van der Waals surface area (Å²) in [6.45, 7) is 2.14. The Kier molecular flexibility index (Phi) is 5.98. The lowest BCUT2D eigenvalue weighted by molar-refractivity contribution is -0.120. The van der Waals surface area contributed by atoms with Crippen molar-refractivity contribution in [1.82, 2.24) is 4.31 Å². The van der Waals surface area contributed by atoms with E-state index in [0.29, 0.717) is 17.3 Å². The summed E-state index contributed by atoms with van der Waals surface area (Å²) in [4.78, 5) is 12.9. The van der Waals surface area contributed by atoms with Crippen LogP contribution >= 0.6 is 15.9 Å². The number of rotatable bonds is 4. The van der Waals surface area contributed by atoms with E-state index < -0.39 is 27.8 Å². The van der Waals surface area contributed by atoms with E-state index in [-0.39, 0.29) is 17.1 Å². The van der Waals surface area contributed by atoms with E-state index in [9.17, 15) is 17.6 Å². The number of anilines is 1. The van der Waals surface area contributed by atoms with Crippen LogP contribution in [0, 0.1) is 12.7 Å². The Morgan fingerprint density at radius 3 is 2.56 bits per heavy atom. The van der Waals surface area contributed by atoms with Gasteiger partial charge in [0.1, 0.15) is 11.9 Å². The van der Waals surface area contributed by atoms with Gasteiger partial charge in [0.25, 0.3) is 0 Å². The number of carbonyl (C=O) groups excluding carboxylic acids is 1. The highest BCUT2D eigenvalue weighted by Crippen LogP contribution is 2.27. The zero-order chi connectivity index (χ0) is 19.6. The maximum Gasteiger partial charge on any atom is 0.243 e. The van der Waals surface area contributed by atoms with Crippen LogP contribution in [0.2, 0.25) is 0 Å². The van der Waals surface area contributed by atoms with Gasteiger partial charge >= 0.3 is 0 Å². The van der Waals surface area contributed by atoms with Crippen LogP contribution < -0.4 is 5.32 Å². The fourth-order valence-corrected chi connectivity index (χ4v) is 5.10. The van der Waals surface area contributed by atoms with Gasteiger partial charge in [-0.3, -0.25) is 4.79 Å². The summed E-state index contributed by atoms with van der Waals surface area (Å²) in [5.41, 5.74) is 0.981. The smallest absolute Gasteiger partial charge is 0.243 e. The third-order valence-corrected chi connectivity index (χ3v) is 6.99. The van der Waals surface area contributed by atoms with Crippen molar-refractivity contribution in [1.29, 1.82) is 0 Å². The Morgan fingerprint density at radius 1 is 1.19 bits per heavy atom. The summed E-state index contributed by atoms with van der Waals surface area (Å²) < 4.78 is 41.9. The van der Waals surface area contributed by atoms with E-state index in [1.54, 1.807) is 30.3 Å². The molecule has 0 bridgehead atoms. The first kappa shape index (κ1) is 20.0. The number of hydrogen-bond acceptors (Lipinski definition) is 3. The van der Waals surface area contributed by atoms with Crippen LogP contribution in [0.5, 0.6) is 0 Å². The van der Waals surface area contributed by atoms with E-state index in [1.165, 1.54) is 16.4 Å². The molecule has 1 aliphatic rings. The van der Waals surface area contributed by atoms with Gasteiger partial charge in [-0.05, 0) is 50.1 Å². The highest BCUT2D eigenvalue weighted by atomic mass is 79.9. The number of piperidine rings is 1. The van der Waals surface area contributed by atoms with E-state index >= 15 is 0 Å². The summed E-state index contributed by atoms with van der Waals surface area (Å²) in [5, 5.41) is 2.53. The minimum Gasteiger partial charge on any atom is -0.322 e. The van der Waals surface area contributed by atoms with Gasteiger partial charge in [0, 0.05) is 11.0 Å². The van der Waals surface area contributed by atoms with Crippen molar-refractivity contribution < 1.29 is 17.6 Å². The highest BCUT2D eigenvalue weighted by Gasteiger charge is 2.37. The Bertz CT molecular complexity index is 948. The third-order valence-electron chi connectivity index (χ3n) is 4.57. The Morgan fingerprint density at radius 2 is 1.89 bits per heavy atom. The van der Waals surface area contributed by atoms with Gasteiger partial charge in [0.2, 0.25) is 15.9 Å². The first-order valence-corrected chi connectivity index (χ1v) is 10.9. The molecule has 1 heterocycles. The number of sulfonamides is 1. The van der Waals surface area contributed by atoms with Gasteiger partial charge in [-0.15, -0.1) is 0 Å². The Hall–Kier alpha value is -1.77. The molecule has 1 amide bonds. The topological polar surface area (TPSA) is 66.5 Å². The molecule has 2 aromatic rings. The first-order valence-electron chi connectivity index (χ1n) is 8.63. The number of nitrogens with one attached hydrogen (secondary N) is 1. The largest absolute Gasteiger partial charge is 0.322 e. The average Bonchev–Trinajstić information content (AvgIpc) is 2.64. The van der Waals surface area contributed by atoms with Crippen molar-refractivity contribution in [3.8, 4) is 0 Å². The predicted octanol–water partition coefficient (Wildman–Crippen LogP) is 4.08. The molecule has 0 radical (unpaired) electrons. The summed E-state index contributed by atoms with van der Waals surface area (Å²) in [6, 6.07) is 9.97. The SMILES string of the molecule is Cc1ccc(S(=O)(=O)N2CCCC[C@H]2C(=O)Nc2ccc(Br)cc2F)cc1. The second-order valence-corrected chi connectivity index (χ2v) is 9.36. The predicted molar refractivity (Wildman–Crippen MR) is 105 cm³/mol. The summed E-state index contributed by atoms with van der Waals surface area (Å²) in [6.07, 6.45) is 1.82. The molecular weight excluding hydrogens is 435 g/mol. The van der Waals surface area contributed by atoms with Crippen molar-refractivity contribution >= 4 is 37.5 Å². The first-order chi connectivity index (χ1) is 12.8. The monoisotopic (exact) mass is 454 g/mol. The number of amides is 1. The molecule has 1 N–H and O–H groups in total. The fraction of sp³-hybridized carbons (Fsp3) is 0.316. The molecule has 0 saturated carbocycles. The van der Waals surface area contributed by atoms with E-state index in [0.717, 1.165) is 12.0 Å². The summed E-state index contributed by atoms with van der Waals surface area (Å²) >= 11 is 3.17. The van der Waals surface area contributed by atoms with Gasteiger partial charge in [0.15, 0.2) is 0 Å². The number of aryl methyl sites for hydroxylation is 1. The second-order valence-electron chi connectivity index (χ2n) is 6.55. The molecular formula is C19H20BrFN2O3S. The summed E-state index contributed by atoms with van der Waals surface area (Å²) in [5.74, 6) is -1.10. The minimum absolute atomic E-state index is 0.0291. The lowest BCUT2D eigenvalue weighted by atomic mass is 10.0. The lowest BCUT2D eigenvalue weighted by Gasteiger charge is -2.33. The molecule has 1 saturated heterocycles. The zero-order valence-corrected chi connectivity index (χ0v) is 17.2. The molecule has 0 spiro atoms. The minimum atomic E-state index is -3.81. The van der Waals surface area contributed by atoms with E-state index in [2.05, 4.69) is 21.2 Å². The quantitative estimate of drug-likeness (QED) is 0.756. The van der Waals surface area contributed by atoms with Crippen LogP contribution in [0.3, 0.4) is 0 Å². The number of halogens is 2. The van der Waals surface area contributed by atoms with Crippen LogP contribution in [0.1, 0.15) is 24.8 Å². The standard InChI is InChI=1S/C19H20BrFN2O3S/c1-13-5-8-15(9-6-13)27(25,26)23-11-3-2-4-18(23)19(24)22-17-10-7-14(20)12-16(17)21/h5-10,12,18H,2-4,11H2,1H3,(H,22,24)/t18-/m0/s1. The maximum atomic E-state index is 14.0. The molecule has 27 heavy (non-hydrogen) atoms. The normalized spacial score (nSPS) is 18.3. The second kappa shape index (κ2) is 8.08. The number of benzene rings is 2. The van der Waals surface area contributed by atoms with Crippen molar-refractivity contribution in [3.05, 3.63) is 58.3 Å². The molecule has 1 fully saturated rings. The number of carbonyl (C=O) groups is 1. The lowest BCUT2D eigenvalue weighted by Crippen LogP contribution is -2.49. The van der Waals surface area contributed by atoms with Gasteiger partial charge in [-0.25, -0.2) is 12.8 Å². The van der Waals surface area contributed by atoms with Gasteiger partial charge in [0.05, 0.1) is 10.6 Å². The Labute approximate surface area is 166 Å². The molecule has 0 aromatic heterocycles. The van der Waals surface area contributed by atoms with Crippen LogP contribution in [-0.2, 0) is 14.8 Å². The van der Waals surface area contributed by atoms with Crippen molar-refractivity contribution in [2.24, 2.45) is 0 Å². The molecule has 3 rings (SSSR count). The number of nitrogens with zero attached hydrogens (tertiary/aromatic N) is 1. The molecule has 1 atom stereocenters. The highest BCUT2D eigenvalue weighted by molar-refractivity contribution is 9.10. The van der Waals surface area contributed by atoms with Gasteiger partial charge < -0.3 is 5.32 Å². The van der Waals surface area contributed by atoms with E-state index in [4.69, 9.17) is 0 Å². The summed E-state index contributed by atoms with van der Waals surface area (Å²) in [7, 11) is -3.81. The molecule has 144 valence electrons. The molecule has 0 aliphatic carbocycles. The van der Waals surface area contributed by atoms with Gasteiger partial charge in [-0.1, -0.05) is 40.0 Å². The van der Waals surface area contributed by atoms with Crippen molar-refractivity contribution in [3.63, 3.8) is 0 Å². The molecule has 5 nitrogen and oxygen atoms in total. The van der Waals surface area contributed by atoms with Crippen LogP contribution in [0.4, 0.5) is 10.1 Å². The zero-order valence-electron chi connectivity index (χ0n) is 14.8. The maximum absolute atomic E-state index is 14.0.